The minimum Gasteiger partial charge on any atom is -0.349 e. The summed E-state index contributed by atoms with van der Waals surface area (Å²) in [7, 11) is 0. The second-order valence-electron chi connectivity index (χ2n) is 8.07. The fourth-order valence-electron chi connectivity index (χ4n) is 4.75. The van der Waals surface area contributed by atoms with Crippen molar-refractivity contribution in [2.45, 2.75) is 55.8 Å². The molecule has 1 aliphatic heterocycles. The molecule has 6 rings (SSSR count). The van der Waals surface area contributed by atoms with Crippen molar-refractivity contribution >= 4 is 28.6 Å². The number of carbonyl (C=O) groups excluding carboxylic acids is 3. The van der Waals surface area contributed by atoms with E-state index in [0.717, 1.165) is 10.9 Å². The molecule has 1 aromatic carbocycles. The van der Waals surface area contributed by atoms with Gasteiger partial charge in [-0.15, -0.1) is 0 Å². The summed E-state index contributed by atoms with van der Waals surface area (Å²) in [5.41, 5.74) is -0.102. The largest absolute Gasteiger partial charge is 0.349 e. The number of carbonyl (C=O) groups is 3. The number of hydrogen-bond donors (Lipinski definition) is 2. The van der Waals surface area contributed by atoms with Gasteiger partial charge in [-0.2, -0.15) is 5.10 Å². The SMILES string of the molecule is O=C1CCC(c2nn(CC(=O)NC34CC(F)(C3)C4)c3ccccc23)C(=O)N1. The average Bonchev–Trinajstić information content (AvgIpc) is 2.91. The number of aromatic nitrogens is 2. The van der Waals surface area contributed by atoms with E-state index >= 15 is 0 Å². The van der Waals surface area contributed by atoms with Crippen LogP contribution in [0, 0.1) is 0 Å². The van der Waals surface area contributed by atoms with E-state index < -0.39 is 11.6 Å². The van der Waals surface area contributed by atoms with Crippen LogP contribution in [0.2, 0.25) is 0 Å². The molecule has 8 heteroatoms. The minimum absolute atomic E-state index is 0.00875. The molecule has 1 unspecified atom stereocenters. The summed E-state index contributed by atoms with van der Waals surface area (Å²) in [6, 6.07) is 7.42. The summed E-state index contributed by atoms with van der Waals surface area (Å²) in [5, 5.41) is 10.6. The second kappa shape index (κ2) is 5.37. The van der Waals surface area contributed by atoms with Crippen LogP contribution in [0.3, 0.4) is 0 Å². The van der Waals surface area contributed by atoms with Gasteiger partial charge in [0, 0.05) is 36.6 Å². The third-order valence-corrected chi connectivity index (χ3v) is 5.92. The Hall–Kier alpha value is -2.77. The molecule has 0 radical (unpaired) electrons. The number of nitrogens with zero attached hydrogens (tertiary/aromatic N) is 2. The summed E-state index contributed by atoms with van der Waals surface area (Å²) in [6.45, 7) is 0.00875. The Morgan fingerprint density at radius 3 is 2.74 bits per heavy atom. The molecule has 1 atom stereocenters. The first-order valence-corrected chi connectivity index (χ1v) is 9.16. The van der Waals surface area contributed by atoms with Crippen LogP contribution in [0.25, 0.3) is 10.9 Å². The maximum Gasteiger partial charge on any atom is 0.242 e. The molecule has 2 aromatic rings. The zero-order valence-electron chi connectivity index (χ0n) is 14.6. The van der Waals surface area contributed by atoms with Crippen LogP contribution >= 0.6 is 0 Å². The first-order valence-electron chi connectivity index (χ1n) is 9.16. The number of piperidine rings is 1. The Balaban J connectivity index is 1.41. The topological polar surface area (TPSA) is 93.1 Å². The quantitative estimate of drug-likeness (QED) is 0.794. The van der Waals surface area contributed by atoms with E-state index in [-0.39, 0.29) is 36.2 Å². The summed E-state index contributed by atoms with van der Waals surface area (Å²) in [5.74, 6) is -1.35. The van der Waals surface area contributed by atoms with E-state index in [9.17, 15) is 18.8 Å². The fraction of sp³-hybridized carbons (Fsp3) is 0.474. The molecule has 3 saturated carbocycles. The van der Waals surface area contributed by atoms with Gasteiger partial charge in [0.1, 0.15) is 12.2 Å². The van der Waals surface area contributed by atoms with Crippen LogP contribution in [-0.2, 0) is 20.9 Å². The van der Waals surface area contributed by atoms with Crippen LogP contribution in [0.1, 0.15) is 43.7 Å². The average molecular weight is 370 g/mol. The molecule has 2 heterocycles. The van der Waals surface area contributed by atoms with E-state index in [1.165, 1.54) is 0 Å². The number of rotatable bonds is 4. The molecule has 4 fully saturated rings. The fourth-order valence-corrected chi connectivity index (χ4v) is 4.75. The van der Waals surface area contributed by atoms with Crippen LogP contribution in [-0.4, -0.2) is 38.7 Å². The minimum atomic E-state index is -1.06. The van der Waals surface area contributed by atoms with E-state index in [0.29, 0.717) is 31.4 Å². The Kier molecular flexibility index (Phi) is 3.26. The molecule has 27 heavy (non-hydrogen) atoms. The number of halogens is 1. The predicted molar refractivity (Wildman–Crippen MR) is 93.4 cm³/mol. The normalized spacial score (nSPS) is 31.8. The van der Waals surface area contributed by atoms with Gasteiger partial charge in [-0.1, -0.05) is 18.2 Å². The summed E-state index contributed by atoms with van der Waals surface area (Å²) in [4.78, 5) is 36.1. The van der Waals surface area contributed by atoms with Crippen molar-refractivity contribution in [2.75, 3.05) is 0 Å². The van der Waals surface area contributed by atoms with Gasteiger partial charge in [0.2, 0.25) is 17.7 Å². The van der Waals surface area contributed by atoms with Crippen molar-refractivity contribution < 1.29 is 18.8 Å². The van der Waals surface area contributed by atoms with Gasteiger partial charge in [0.15, 0.2) is 0 Å². The van der Waals surface area contributed by atoms with Crippen molar-refractivity contribution in [1.29, 1.82) is 0 Å². The summed E-state index contributed by atoms with van der Waals surface area (Å²) in [6.07, 6.45) is 1.86. The molecule has 2 N–H and O–H groups in total. The van der Waals surface area contributed by atoms with Gasteiger partial charge in [0.05, 0.1) is 17.1 Å². The number of benzene rings is 1. The first-order chi connectivity index (χ1) is 12.9. The van der Waals surface area contributed by atoms with Crippen molar-refractivity contribution in [1.82, 2.24) is 20.4 Å². The van der Waals surface area contributed by atoms with Crippen LogP contribution in [0.5, 0.6) is 0 Å². The summed E-state index contributed by atoms with van der Waals surface area (Å²) < 4.78 is 15.2. The van der Waals surface area contributed by atoms with Crippen molar-refractivity contribution in [3.63, 3.8) is 0 Å². The highest BCUT2D eigenvalue weighted by molar-refractivity contribution is 6.02. The highest BCUT2D eigenvalue weighted by Gasteiger charge is 2.69. The van der Waals surface area contributed by atoms with Crippen LogP contribution in [0.4, 0.5) is 4.39 Å². The van der Waals surface area contributed by atoms with Gasteiger partial charge in [0.25, 0.3) is 0 Å². The van der Waals surface area contributed by atoms with E-state index in [2.05, 4.69) is 15.7 Å². The summed E-state index contributed by atoms with van der Waals surface area (Å²) >= 11 is 0. The Morgan fingerprint density at radius 2 is 2.04 bits per heavy atom. The molecule has 0 spiro atoms. The van der Waals surface area contributed by atoms with Crippen molar-refractivity contribution in [3.05, 3.63) is 30.0 Å². The first kappa shape index (κ1) is 16.4. The number of nitrogens with one attached hydrogen (secondary N) is 2. The van der Waals surface area contributed by atoms with Gasteiger partial charge in [-0.3, -0.25) is 24.4 Å². The molecule has 3 aliphatic carbocycles. The predicted octanol–water partition coefficient (Wildman–Crippen LogP) is 1.32. The van der Waals surface area contributed by atoms with E-state index in [4.69, 9.17) is 0 Å². The van der Waals surface area contributed by atoms with Crippen molar-refractivity contribution in [3.8, 4) is 0 Å². The molecule has 4 aliphatic rings. The highest BCUT2D eigenvalue weighted by Crippen LogP contribution is 2.62. The molecular weight excluding hydrogens is 351 g/mol. The monoisotopic (exact) mass is 370 g/mol. The molecule has 1 saturated heterocycles. The number of fused-ring (bicyclic) bond motifs is 1. The zero-order valence-corrected chi connectivity index (χ0v) is 14.6. The molecular formula is C19H19FN4O3. The Bertz CT molecular complexity index is 978. The standard InChI is InChI=1S/C19H19FN4O3/c20-18-8-19(9-18,10-18)22-15(26)7-24-13-4-2-1-3-11(13)16(23-24)12-5-6-14(25)21-17(12)27/h1-4,12H,5-10H2,(H,22,26)(H,21,25,27). The second-order valence-corrected chi connectivity index (χ2v) is 8.07. The molecule has 3 amide bonds. The number of hydrogen-bond acceptors (Lipinski definition) is 4. The maximum atomic E-state index is 13.6. The number of imide groups is 1. The lowest BCUT2D eigenvalue weighted by Gasteiger charge is -2.65. The Morgan fingerprint density at radius 1 is 1.30 bits per heavy atom. The van der Waals surface area contributed by atoms with Gasteiger partial charge in [-0.05, 0) is 12.5 Å². The smallest absolute Gasteiger partial charge is 0.242 e. The lowest BCUT2D eigenvalue weighted by molar-refractivity contribution is -0.175. The lowest BCUT2D eigenvalue weighted by Crippen LogP contribution is -2.77. The third-order valence-electron chi connectivity index (χ3n) is 5.92. The van der Waals surface area contributed by atoms with Gasteiger partial charge < -0.3 is 5.32 Å². The van der Waals surface area contributed by atoms with E-state index in [1.807, 2.05) is 24.3 Å². The highest BCUT2D eigenvalue weighted by atomic mass is 19.1. The third kappa shape index (κ3) is 2.54. The lowest BCUT2D eigenvalue weighted by atomic mass is 9.47. The van der Waals surface area contributed by atoms with E-state index in [1.54, 1.807) is 4.68 Å². The van der Waals surface area contributed by atoms with Crippen LogP contribution in [0.15, 0.2) is 24.3 Å². The Labute approximate surface area is 154 Å². The number of amides is 3. The zero-order chi connectivity index (χ0) is 18.8. The maximum absolute atomic E-state index is 13.6. The van der Waals surface area contributed by atoms with Gasteiger partial charge >= 0.3 is 0 Å². The molecule has 140 valence electrons. The number of para-hydroxylation sites is 1. The number of alkyl halides is 1. The molecule has 7 nitrogen and oxygen atoms in total. The molecule has 1 aromatic heterocycles. The van der Waals surface area contributed by atoms with Gasteiger partial charge in [-0.25, -0.2) is 4.39 Å². The van der Waals surface area contributed by atoms with Crippen molar-refractivity contribution in [2.24, 2.45) is 0 Å². The molecule has 2 bridgehead atoms. The van der Waals surface area contributed by atoms with Crippen LogP contribution < -0.4 is 10.6 Å².